The zero-order chi connectivity index (χ0) is 16.9. The van der Waals surface area contributed by atoms with Crippen molar-refractivity contribution in [2.24, 2.45) is 0 Å². The number of nitrogens with one attached hydrogen (secondary N) is 2. The van der Waals surface area contributed by atoms with E-state index < -0.39 is 16.1 Å². The van der Waals surface area contributed by atoms with Gasteiger partial charge in [-0.1, -0.05) is 42.5 Å². The Hall–Kier alpha value is -1.73. The van der Waals surface area contributed by atoms with E-state index in [2.05, 4.69) is 10.0 Å². The van der Waals surface area contributed by atoms with Crippen molar-refractivity contribution < 1.29 is 13.5 Å². The molecule has 0 saturated carbocycles. The smallest absolute Gasteiger partial charge is 0.240 e. The second-order valence-corrected chi connectivity index (χ2v) is 7.22. The summed E-state index contributed by atoms with van der Waals surface area (Å²) in [6.07, 6.45) is -0.608. The van der Waals surface area contributed by atoms with Crippen LogP contribution in [0.2, 0.25) is 0 Å². The Bertz CT molecular complexity index is 733. The molecule has 0 aliphatic rings. The van der Waals surface area contributed by atoms with E-state index in [1.807, 2.05) is 43.3 Å². The zero-order valence-corrected chi connectivity index (χ0v) is 14.0. The van der Waals surface area contributed by atoms with Gasteiger partial charge >= 0.3 is 0 Å². The first-order valence-electron chi connectivity index (χ1n) is 7.44. The lowest BCUT2D eigenvalue weighted by Gasteiger charge is -2.18. The van der Waals surface area contributed by atoms with E-state index in [4.69, 9.17) is 0 Å². The van der Waals surface area contributed by atoms with Gasteiger partial charge in [0.15, 0.2) is 0 Å². The summed E-state index contributed by atoms with van der Waals surface area (Å²) >= 11 is 0. The number of sulfonamides is 1. The molecule has 0 aliphatic carbocycles. The minimum Gasteiger partial charge on any atom is -0.387 e. The van der Waals surface area contributed by atoms with Gasteiger partial charge < -0.3 is 10.4 Å². The van der Waals surface area contributed by atoms with E-state index in [9.17, 15) is 13.5 Å². The Balaban J connectivity index is 2.04. The summed E-state index contributed by atoms with van der Waals surface area (Å²) in [4.78, 5) is 0.231. The minimum atomic E-state index is -3.46. The molecular formula is C17H22N2O3S. The highest BCUT2D eigenvalue weighted by Gasteiger charge is 2.15. The van der Waals surface area contributed by atoms with Crippen LogP contribution in [0, 0.1) is 0 Å². The molecule has 0 saturated heterocycles. The van der Waals surface area contributed by atoms with Crippen molar-refractivity contribution in [3.8, 4) is 0 Å². The van der Waals surface area contributed by atoms with Gasteiger partial charge in [-0.2, -0.15) is 0 Å². The van der Waals surface area contributed by atoms with Crippen molar-refractivity contribution in [3.63, 3.8) is 0 Å². The van der Waals surface area contributed by atoms with E-state index in [0.29, 0.717) is 6.54 Å². The van der Waals surface area contributed by atoms with Gasteiger partial charge in [0.2, 0.25) is 10.0 Å². The molecule has 2 rings (SSSR count). The molecular weight excluding hydrogens is 312 g/mol. The van der Waals surface area contributed by atoms with Crippen molar-refractivity contribution in [3.05, 3.63) is 65.7 Å². The highest BCUT2D eigenvalue weighted by Crippen LogP contribution is 2.18. The van der Waals surface area contributed by atoms with Crippen LogP contribution in [0.25, 0.3) is 0 Å². The third-order valence-corrected chi connectivity index (χ3v) is 5.15. The predicted molar refractivity (Wildman–Crippen MR) is 90.5 cm³/mol. The molecule has 0 amide bonds. The number of rotatable bonds is 7. The van der Waals surface area contributed by atoms with Gasteiger partial charge in [0.05, 0.1) is 11.0 Å². The molecule has 0 bridgehead atoms. The van der Waals surface area contributed by atoms with Crippen LogP contribution >= 0.6 is 0 Å². The van der Waals surface area contributed by atoms with Gasteiger partial charge in [-0.05, 0) is 37.2 Å². The standard InChI is InChI=1S/C17H22N2O3S/c1-13(19-12-17(20)14-7-4-3-5-8-14)15-9-6-10-16(11-15)23(21,22)18-2/h3-11,13,17-20H,12H2,1-2H3. The number of aliphatic hydroxyl groups is 1. The van der Waals surface area contributed by atoms with E-state index in [1.165, 1.54) is 7.05 Å². The molecule has 6 heteroatoms. The summed E-state index contributed by atoms with van der Waals surface area (Å²) in [5, 5.41) is 13.4. The minimum absolute atomic E-state index is 0.0830. The van der Waals surface area contributed by atoms with Gasteiger partial charge in [-0.3, -0.25) is 0 Å². The van der Waals surface area contributed by atoms with Gasteiger partial charge in [0.25, 0.3) is 0 Å². The fourth-order valence-electron chi connectivity index (χ4n) is 2.27. The third-order valence-electron chi connectivity index (χ3n) is 3.74. The Morgan fingerprint density at radius 1 is 1.04 bits per heavy atom. The quantitative estimate of drug-likeness (QED) is 0.723. The number of hydrogen-bond donors (Lipinski definition) is 3. The molecule has 2 aromatic carbocycles. The predicted octanol–water partition coefficient (Wildman–Crippen LogP) is 1.98. The molecule has 5 nitrogen and oxygen atoms in total. The van der Waals surface area contributed by atoms with Crippen LogP contribution in [0.1, 0.15) is 30.2 Å². The third kappa shape index (κ3) is 4.62. The van der Waals surface area contributed by atoms with Gasteiger partial charge in [0, 0.05) is 12.6 Å². The Morgan fingerprint density at radius 3 is 2.35 bits per heavy atom. The van der Waals surface area contributed by atoms with Gasteiger partial charge in [-0.15, -0.1) is 0 Å². The van der Waals surface area contributed by atoms with E-state index in [1.54, 1.807) is 18.2 Å². The first-order chi connectivity index (χ1) is 10.9. The van der Waals surface area contributed by atoms with Gasteiger partial charge in [-0.25, -0.2) is 13.1 Å². The van der Waals surface area contributed by atoms with Crippen LogP contribution < -0.4 is 10.0 Å². The van der Waals surface area contributed by atoms with Crippen LogP contribution in [0.15, 0.2) is 59.5 Å². The van der Waals surface area contributed by atoms with Gasteiger partial charge in [0.1, 0.15) is 0 Å². The summed E-state index contributed by atoms with van der Waals surface area (Å²) in [5.74, 6) is 0. The molecule has 0 aliphatic heterocycles. The Morgan fingerprint density at radius 2 is 1.70 bits per heavy atom. The lowest BCUT2D eigenvalue weighted by molar-refractivity contribution is 0.171. The van der Waals surface area contributed by atoms with E-state index in [-0.39, 0.29) is 10.9 Å². The zero-order valence-electron chi connectivity index (χ0n) is 13.2. The number of hydrogen-bond acceptors (Lipinski definition) is 4. The molecule has 2 atom stereocenters. The molecule has 0 aromatic heterocycles. The van der Waals surface area contributed by atoms with Crippen LogP contribution in [-0.4, -0.2) is 27.1 Å². The van der Waals surface area contributed by atoms with Crippen molar-refractivity contribution in [2.75, 3.05) is 13.6 Å². The first-order valence-corrected chi connectivity index (χ1v) is 8.92. The van der Waals surface area contributed by atoms with Crippen LogP contribution in [0.3, 0.4) is 0 Å². The molecule has 23 heavy (non-hydrogen) atoms. The van der Waals surface area contributed by atoms with Crippen LogP contribution in [-0.2, 0) is 10.0 Å². The molecule has 2 aromatic rings. The van der Waals surface area contributed by atoms with Crippen molar-refractivity contribution in [1.29, 1.82) is 0 Å². The Labute approximate surface area is 137 Å². The largest absolute Gasteiger partial charge is 0.387 e. The fraction of sp³-hybridized carbons (Fsp3) is 0.294. The normalized spacial score (nSPS) is 14.4. The second-order valence-electron chi connectivity index (χ2n) is 5.34. The summed E-state index contributed by atoms with van der Waals surface area (Å²) in [6, 6.07) is 16.1. The highest BCUT2D eigenvalue weighted by atomic mass is 32.2. The molecule has 0 fully saturated rings. The summed E-state index contributed by atoms with van der Waals surface area (Å²) in [5.41, 5.74) is 1.69. The van der Waals surface area contributed by atoms with E-state index in [0.717, 1.165) is 11.1 Å². The maximum atomic E-state index is 11.9. The summed E-state index contributed by atoms with van der Waals surface area (Å²) in [7, 11) is -2.07. The van der Waals surface area contributed by atoms with Crippen molar-refractivity contribution in [1.82, 2.24) is 10.0 Å². The molecule has 0 radical (unpaired) electrons. The number of benzene rings is 2. The van der Waals surface area contributed by atoms with Crippen LogP contribution in [0.5, 0.6) is 0 Å². The highest BCUT2D eigenvalue weighted by molar-refractivity contribution is 7.89. The molecule has 124 valence electrons. The van der Waals surface area contributed by atoms with E-state index >= 15 is 0 Å². The average molecular weight is 334 g/mol. The lowest BCUT2D eigenvalue weighted by Crippen LogP contribution is -2.25. The lowest BCUT2D eigenvalue weighted by atomic mass is 10.1. The molecule has 2 unspecified atom stereocenters. The molecule has 0 spiro atoms. The molecule has 0 heterocycles. The molecule has 3 N–H and O–H groups in total. The average Bonchev–Trinajstić information content (AvgIpc) is 2.60. The number of aliphatic hydroxyl groups excluding tert-OH is 1. The first kappa shape index (κ1) is 17.6. The van der Waals surface area contributed by atoms with Crippen molar-refractivity contribution >= 4 is 10.0 Å². The maximum Gasteiger partial charge on any atom is 0.240 e. The SMILES string of the molecule is CNS(=O)(=O)c1cccc(C(C)NCC(O)c2ccccc2)c1. The summed E-state index contributed by atoms with van der Waals surface area (Å²) in [6.45, 7) is 2.32. The van der Waals surface area contributed by atoms with Crippen LogP contribution in [0.4, 0.5) is 0 Å². The Kier molecular flexibility index (Phi) is 5.90. The maximum absolute atomic E-state index is 11.9. The fourth-order valence-corrected chi connectivity index (χ4v) is 3.05. The second kappa shape index (κ2) is 7.70. The summed E-state index contributed by atoms with van der Waals surface area (Å²) < 4.78 is 26.0. The van der Waals surface area contributed by atoms with Crippen molar-refractivity contribution in [2.45, 2.75) is 24.0 Å². The monoisotopic (exact) mass is 334 g/mol. The topological polar surface area (TPSA) is 78.4 Å².